The molecule has 2 aromatic heterocycles. The van der Waals surface area contributed by atoms with Crippen LogP contribution in [0.2, 0.25) is 0 Å². The molecule has 0 spiro atoms. The normalized spacial score (nSPS) is 20.5. The summed E-state index contributed by atoms with van der Waals surface area (Å²) in [7, 11) is 0. The van der Waals surface area contributed by atoms with Gasteiger partial charge in [0.1, 0.15) is 11.6 Å². The molecule has 0 bridgehead atoms. The van der Waals surface area contributed by atoms with E-state index in [0.717, 1.165) is 18.5 Å². The van der Waals surface area contributed by atoms with Gasteiger partial charge >= 0.3 is 0 Å². The van der Waals surface area contributed by atoms with Crippen LogP contribution in [0, 0.1) is 5.82 Å². The molecule has 2 atom stereocenters. The summed E-state index contributed by atoms with van der Waals surface area (Å²) in [5.41, 5.74) is 4.75. The Morgan fingerprint density at radius 1 is 1.46 bits per heavy atom. The Balaban J connectivity index is 1.75. The molecule has 0 saturated carbocycles. The highest BCUT2D eigenvalue weighted by Gasteiger charge is 2.47. The minimum atomic E-state index is -3.07. The topological polar surface area (TPSA) is 117 Å². The number of alkyl halides is 2. The first kappa shape index (κ1) is 19.8. The van der Waals surface area contributed by atoms with Gasteiger partial charge in [-0.05, 0) is 19.1 Å². The number of nitrogens with zero attached hydrogens (tertiary/aromatic N) is 3. The molecule has 1 saturated heterocycles. The van der Waals surface area contributed by atoms with Crippen molar-refractivity contribution in [2.75, 3.05) is 24.1 Å². The van der Waals surface area contributed by atoms with Crippen molar-refractivity contribution >= 4 is 17.5 Å². The number of aromatic nitrogens is 3. The zero-order valence-corrected chi connectivity index (χ0v) is 15.0. The Morgan fingerprint density at radius 3 is 2.86 bits per heavy atom. The van der Waals surface area contributed by atoms with Crippen LogP contribution >= 0.6 is 0 Å². The van der Waals surface area contributed by atoms with Crippen molar-refractivity contribution in [3.8, 4) is 0 Å². The van der Waals surface area contributed by atoms with Crippen LogP contribution in [0.3, 0.4) is 0 Å². The molecule has 11 heteroatoms. The highest BCUT2D eigenvalue weighted by atomic mass is 19.3. The summed E-state index contributed by atoms with van der Waals surface area (Å²) in [6.07, 6.45) is 1.60. The van der Waals surface area contributed by atoms with Crippen LogP contribution in [0.5, 0.6) is 0 Å². The van der Waals surface area contributed by atoms with E-state index in [1.165, 1.54) is 6.07 Å². The first-order valence-electron chi connectivity index (χ1n) is 8.57. The van der Waals surface area contributed by atoms with Crippen LogP contribution in [0.4, 0.5) is 24.8 Å². The highest BCUT2D eigenvalue weighted by molar-refractivity contribution is 5.93. The number of hydrogen-bond acceptors (Lipinski definition) is 6. The highest BCUT2D eigenvalue weighted by Crippen LogP contribution is 2.40. The molecule has 0 radical (unpaired) electrons. The minimum Gasteiger partial charge on any atom is -0.379 e. The first-order valence-corrected chi connectivity index (χ1v) is 8.57. The Kier molecular flexibility index (Phi) is 5.36. The van der Waals surface area contributed by atoms with Crippen molar-refractivity contribution in [1.29, 1.82) is 0 Å². The third kappa shape index (κ3) is 4.14. The molecule has 2 aromatic rings. The van der Waals surface area contributed by atoms with Crippen LogP contribution in [0.15, 0.2) is 29.3 Å². The van der Waals surface area contributed by atoms with Gasteiger partial charge in [0.15, 0.2) is 5.82 Å². The maximum absolute atomic E-state index is 14.5. The van der Waals surface area contributed by atoms with Crippen molar-refractivity contribution in [2.45, 2.75) is 31.2 Å². The standard InChI is InChI=1S/C17H19F3N6O2/c1-9(15(27)25-13-3-2-10(18)6-22-13)26-5-4-17(19,20)11(8-26)12-7-23-16(28)14(21)24-12/h2-3,6-7,9,11H,4-5,8H2,1H3,(H2,21,24)(H,23,28)(H,22,25,27). The van der Waals surface area contributed by atoms with E-state index in [2.05, 4.69) is 20.3 Å². The molecule has 28 heavy (non-hydrogen) atoms. The predicted molar refractivity (Wildman–Crippen MR) is 95.4 cm³/mol. The lowest BCUT2D eigenvalue weighted by molar-refractivity contribution is -0.125. The number of nitrogens with one attached hydrogen (secondary N) is 2. The van der Waals surface area contributed by atoms with E-state index >= 15 is 0 Å². The van der Waals surface area contributed by atoms with Gasteiger partial charge in [0.05, 0.1) is 23.9 Å². The maximum atomic E-state index is 14.5. The number of carbonyl (C=O) groups excluding carboxylic acids is 1. The molecule has 150 valence electrons. The number of aromatic amines is 1. The number of rotatable bonds is 4. The number of hydrogen-bond donors (Lipinski definition) is 3. The molecular weight excluding hydrogens is 377 g/mol. The van der Waals surface area contributed by atoms with Gasteiger partial charge in [-0.15, -0.1) is 0 Å². The number of H-pyrrole nitrogens is 1. The van der Waals surface area contributed by atoms with Gasteiger partial charge in [-0.2, -0.15) is 0 Å². The summed E-state index contributed by atoms with van der Waals surface area (Å²) in [4.78, 5) is 35.2. The van der Waals surface area contributed by atoms with Gasteiger partial charge < -0.3 is 16.0 Å². The van der Waals surface area contributed by atoms with Gasteiger partial charge in [0.25, 0.3) is 11.5 Å². The second-order valence-electron chi connectivity index (χ2n) is 6.63. The van der Waals surface area contributed by atoms with Crippen LogP contribution in [0.25, 0.3) is 0 Å². The van der Waals surface area contributed by atoms with Gasteiger partial charge in [-0.1, -0.05) is 0 Å². The zero-order chi connectivity index (χ0) is 20.5. The number of piperidine rings is 1. The average molecular weight is 396 g/mol. The Morgan fingerprint density at radius 2 is 2.21 bits per heavy atom. The molecule has 4 N–H and O–H groups in total. The zero-order valence-electron chi connectivity index (χ0n) is 15.0. The second-order valence-corrected chi connectivity index (χ2v) is 6.63. The van der Waals surface area contributed by atoms with E-state index in [0.29, 0.717) is 0 Å². The number of nitrogen functional groups attached to an aromatic ring is 1. The minimum absolute atomic E-state index is 0.00618. The number of anilines is 2. The SMILES string of the molecule is CC(C(=O)Nc1ccc(F)cn1)N1CCC(F)(F)C(c2c[nH]c(=O)c(N)n2)C1. The van der Waals surface area contributed by atoms with Gasteiger partial charge in [-0.3, -0.25) is 14.5 Å². The molecular formula is C17H19F3N6O2. The van der Waals surface area contributed by atoms with Crippen molar-refractivity contribution in [3.63, 3.8) is 0 Å². The Labute approximate surface area is 158 Å². The summed E-state index contributed by atoms with van der Waals surface area (Å²) >= 11 is 0. The van der Waals surface area contributed by atoms with Crippen molar-refractivity contribution in [3.05, 3.63) is 46.4 Å². The lowest BCUT2D eigenvalue weighted by Gasteiger charge is -2.40. The van der Waals surface area contributed by atoms with E-state index in [-0.39, 0.29) is 24.6 Å². The molecule has 0 aliphatic carbocycles. The molecule has 0 aromatic carbocycles. The van der Waals surface area contributed by atoms with E-state index in [4.69, 9.17) is 5.73 Å². The fourth-order valence-electron chi connectivity index (χ4n) is 3.05. The van der Waals surface area contributed by atoms with Crippen LogP contribution in [-0.2, 0) is 4.79 Å². The van der Waals surface area contributed by atoms with Crippen molar-refractivity contribution in [2.24, 2.45) is 0 Å². The molecule has 1 amide bonds. The maximum Gasteiger partial charge on any atom is 0.290 e. The van der Waals surface area contributed by atoms with Gasteiger partial charge in [0.2, 0.25) is 5.91 Å². The van der Waals surface area contributed by atoms with Crippen LogP contribution in [-0.4, -0.2) is 50.8 Å². The number of halogens is 3. The summed E-state index contributed by atoms with van der Waals surface area (Å²) in [6.45, 7) is 1.42. The smallest absolute Gasteiger partial charge is 0.290 e. The van der Waals surface area contributed by atoms with Crippen LogP contribution < -0.4 is 16.6 Å². The molecule has 1 aliphatic rings. The molecule has 2 unspecified atom stereocenters. The van der Waals surface area contributed by atoms with Gasteiger partial charge in [0, 0.05) is 25.7 Å². The van der Waals surface area contributed by atoms with Crippen molar-refractivity contribution < 1.29 is 18.0 Å². The molecule has 3 heterocycles. The summed E-state index contributed by atoms with van der Waals surface area (Å²) in [6, 6.07) is 1.71. The fourth-order valence-corrected chi connectivity index (χ4v) is 3.05. The summed E-state index contributed by atoms with van der Waals surface area (Å²) in [5, 5.41) is 2.53. The van der Waals surface area contributed by atoms with E-state index in [1.54, 1.807) is 11.8 Å². The monoisotopic (exact) mass is 396 g/mol. The third-order valence-electron chi connectivity index (χ3n) is 4.76. The van der Waals surface area contributed by atoms with E-state index in [9.17, 15) is 22.8 Å². The molecule has 1 aliphatic heterocycles. The van der Waals surface area contributed by atoms with Crippen LogP contribution in [0.1, 0.15) is 25.0 Å². The first-order chi connectivity index (χ1) is 13.2. The number of nitrogens with two attached hydrogens (primary N) is 1. The summed E-state index contributed by atoms with van der Waals surface area (Å²) < 4.78 is 41.8. The number of amides is 1. The largest absolute Gasteiger partial charge is 0.379 e. The van der Waals surface area contributed by atoms with Gasteiger partial charge in [-0.25, -0.2) is 23.1 Å². The molecule has 3 rings (SSSR count). The van der Waals surface area contributed by atoms with E-state index < -0.39 is 47.4 Å². The fraction of sp³-hybridized carbons (Fsp3) is 0.412. The third-order valence-corrected chi connectivity index (χ3v) is 4.76. The Hall–Kier alpha value is -2.95. The average Bonchev–Trinajstić information content (AvgIpc) is 2.65. The summed E-state index contributed by atoms with van der Waals surface area (Å²) in [5.74, 6) is -5.63. The predicted octanol–water partition coefficient (Wildman–Crippen LogP) is 1.34. The lowest BCUT2D eigenvalue weighted by atomic mass is 9.90. The number of pyridine rings is 1. The van der Waals surface area contributed by atoms with E-state index in [1.807, 2.05) is 0 Å². The quantitative estimate of drug-likeness (QED) is 0.718. The number of carbonyl (C=O) groups is 1. The Bertz CT molecular complexity index is 918. The second kappa shape index (κ2) is 7.58. The van der Waals surface area contributed by atoms with Crippen molar-refractivity contribution in [1.82, 2.24) is 19.9 Å². The molecule has 1 fully saturated rings. The number of likely N-dealkylation sites (tertiary alicyclic amines) is 1. The lowest BCUT2D eigenvalue weighted by Crippen LogP contribution is -2.52. The molecule has 8 nitrogen and oxygen atoms in total.